The van der Waals surface area contributed by atoms with Crippen molar-refractivity contribution in [2.45, 2.75) is 26.3 Å². The molecule has 2 aromatic carbocycles. The molecule has 1 N–H and O–H groups in total. The number of hydrogen-bond acceptors (Lipinski definition) is 7. The van der Waals surface area contributed by atoms with Gasteiger partial charge in [0, 0.05) is 5.02 Å². The first-order valence-corrected chi connectivity index (χ1v) is 11.8. The number of thiazole rings is 1. The summed E-state index contributed by atoms with van der Waals surface area (Å²) in [5.74, 6) is 0.253. The number of pyridine rings is 1. The maximum absolute atomic E-state index is 13.3. The minimum atomic E-state index is -2.77. The highest BCUT2D eigenvalue weighted by Crippen LogP contribution is 2.38. The Labute approximate surface area is 206 Å². The molecule has 3 aromatic heterocycles. The monoisotopic (exact) mass is 514 g/mol. The van der Waals surface area contributed by atoms with Gasteiger partial charge in [-0.15, -0.1) is 11.3 Å². The predicted octanol–water partition coefficient (Wildman–Crippen LogP) is 6.05. The number of halogens is 3. The molecule has 0 bridgehead atoms. The summed E-state index contributed by atoms with van der Waals surface area (Å²) in [7, 11) is 0. The predicted molar refractivity (Wildman–Crippen MR) is 131 cm³/mol. The van der Waals surface area contributed by atoms with Gasteiger partial charge >= 0.3 is 0 Å². The second-order valence-electron chi connectivity index (χ2n) is 7.65. The Hall–Kier alpha value is -3.63. The number of rotatable bonds is 6. The van der Waals surface area contributed by atoms with Crippen LogP contribution in [0, 0.1) is 0 Å². The van der Waals surface area contributed by atoms with Crippen molar-refractivity contribution in [2.24, 2.45) is 0 Å². The number of fused-ring (bicyclic) bond motifs is 2. The molecule has 0 aliphatic carbocycles. The number of hydrogen-bond donors (Lipinski definition) is 1. The lowest BCUT2D eigenvalue weighted by Gasteiger charge is -2.15. The molecule has 11 heteroatoms. The van der Waals surface area contributed by atoms with Gasteiger partial charge in [0.25, 0.3) is 12.0 Å². The van der Waals surface area contributed by atoms with E-state index in [1.807, 2.05) is 6.92 Å². The summed E-state index contributed by atoms with van der Waals surface area (Å²) in [5.41, 5.74) is 2.90. The summed E-state index contributed by atoms with van der Waals surface area (Å²) in [5, 5.41) is 11.5. The summed E-state index contributed by atoms with van der Waals surface area (Å²) >= 11 is 7.06. The summed E-state index contributed by atoms with van der Waals surface area (Å²) in [6, 6.07) is 10.1. The highest BCUT2D eigenvalue weighted by molar-refractivity contribution is 7.17. The maximum atomic E-state index is 13.3. The molecule has 0 amide bonds. The fraction of sp³-hybridized carbons (Fsp3) is 0.167. The van der Waals surface area contributed by atoms with Crippen molar-refractivity contribution in [2.75, 3.05) is 0 Å². The van der Waals surface area contributed by atoms with Gasteiger partial charge in [0.1, 0.15) is 16.2 Å². The van der Waals surface area contributed by atoms with Gasteiger partial charge in [-0.3, -0.25) is 9.36 Å². The van der Waals surface area contributed by atoms with Gasteiger partial charge in [0.2, 0.25) is 5.88 Å². The Morgan fingerprint density at radius 3 is 2.77 bits per heavy atom. The zero-order chi connectivity index (χ0) is 24.7. The highest BCUT2D eigenvalue weighted by atomic mass is 35.5. The van der Waals surface area contributed by atoms with Crippen LogP contribution in [0.2, 0.25) is 5.02 Å². The molecule has 0 spiro atoms. The fourth-order valence-corrected chi connectivity index (χ4v) is 4.79. The van der Waals surface area contributed by atoms with Crippen molar-refractivity contribution < 1.29 is 18.6 Å². The van der Waals surface area contributed by atoms with Crippen LogP contribution >= 0.6 is 22.9 Å². The molecule has 0 aliphatic heterocycles. The molecular weight excluding hydrogens is 498 g/mol. The SMILES string of the molecule is CCc1ccc(Oc2cnc3cc(Cl)ccc3n2)cc1-c1c(O)c2scnc2n(CC(F)F)c1=O. The minimum absolute atomic E-state index is 0.0264. The summed E-state index contributed by atoms with van der Waals surface area (Å²) in [6.45, 7) is 1.06. The molecule has 5 aromatic rings. The van der Waals surface area contributed by atoms with E-state index in [1.54, 1.807) is 36.4 Å². The number of aromatic nitrogens is 4. The summed E-state index contributed by atoms with van der Waals surface area (Å²) in [6.07, 6.45) is -0.792. The number of aromatic hydroxyl groups is 1. The van der Waals surface area contributed by atoms with Gasteiger partial charge < -0.3 is 9.84 Å². The standard InChI is InChI=1S/C24H17ClF2N4O3S/c1-2-12-3-5-14(34-19-9-28-17-7-13(25)4-6-16(17)30-19)8-15(12)20-21(32)22-23(29-11-35-22)31(24(20)33)10-18(26)27/h3-9,11,18,32H,2,10H2,1H3. The average Bonchev–Trinajstić information content (AvgIpc) is 3.32. The first kappa shape index (κ1) is 23.1. The largest absolute Gasteiger partial charge is 0.505 e. The molecule has 7 nitrogen and oxygen atoms in total. The first-order chi connectivity index (χ1) is 16.9. The molecule has 0 saturated carbocycles. The van der Waals surface area contributed by atoms with Crippen LogP contribution in [0.5, 0.6) is 17.4 Å². The second-order valence-corrected chi connectivity index (χ2v) is 8.94. The second kappa shape index (κ2) is 9.20. The van der Waals surface area contributed by atoms with Gasteiger partial charge in [0.05, 0.1) is 34.8 Å². The van der Waals surface area contributed by atoms with Gasteiger partial charge in [-0.1, -0.05) is 24.6 Å². The highest BCUT2D eigenvalue weighted by Gasteiger charge is 2.23. The normalized spacial score (nSPS) is 11.6. The molecule has 0 unspecified atom stereocenters. The Balaban J connectivity index is 1.63. The van der Waals surface area contributed by atoms with Crippen LogP contribution in [-0.4, -0.2) is 31.1 Å². The average molecular weight is 515 g/mol. The van der Waals surface area contributed by atoms with Gasteiger partial charge in [-0.05, 0) is 47.9 Å². The Morgan fingerprint density at radius 1 is 1.17 bits per heavy atom. The molecule has 0 aliphatic rings. The van der Waals surface area contributed by atoms with Crippen molar-refractivity contribution in [3.63, 3.8) is 0 Å². The lowest BCUT2D eigenvalue weighted by molar-refractivity contribution is 0.126. The summed E-state index contributed by atoms with van der Waals surface area (Å²) in [4.78, 5) is 26.1. The molecule has 178 valence electrons. The molecule has 35 heavy (non-hydrogen) atoms. The van der Waals surface area contributed by atoms with E-state index in [0.717, 1.165) is 21.5 Å². The van der Waals surface area contributed by atoms with Gasteiger partial charge in [-0.2, -0.15) is 0 Å². The fourth-order valence-electron chi connectivity index (χ4n) is 3.89. The molecule has 5 rings (SSSR count). The Bertz CT molecular complexity index is 1640. The van der Waals surface area contributed by atoms with Crippen LogP contribution in [0.15, 0.2) is 52.9 Å². The quantitative estimate of drug-likeness (QED) is 0.297. The van der Waals surface area contributed by atoms with Crippen molar-refractivity contribution in [1.29, 1.82) is 0 Å². The smallest absolute Gasteiger partial charge is 0.264 e. The minimum Gasteiger partial charge on any atom is -0.505 e. The van der Waals surface area contributed by atoms with Crippen molar-refractivity contribution in [1.82, 2.24) is 19.5 Å². The van der Waals surface area contributed by atoms with E-state index in [0.29, 0.717) is 33.8 Å². The molecule has 3 heterocycles. The lowest BCUT2D eigenvalue weighted by Crippen LogP contribution is -2.25. The van der Waals surface area contributed by atoms with Crippen molar-refractivity contribution >= 4 is 44.3 Å². The number of aryl methyl sites for hydroxylation is 1. The molecular formula is C24H17ClF2N4O3S. The summed E-state index contributed by atoms with van der Waals surface area (Å²) < 4.78 is 33.6. The third kappa shape index (κ3) is 4.30. The van der Waals surface area contributed by atoms with Crippen LogP contribution in [0.3, 0.4) is 0 Å². The van der Waals surface area contributed by atoms with E-state index in [4.69, 9.17) is 16.3 Å². The van der Waals surface area contributed by atoms with E-state index in [2.05, 4.69) is 15.0 Å². The van der Waals surface area contributed by atoms with Crippen LogP contribution in [0.1, 0.15) is 12.5 Å². The third-order valence-electron chi connectivity index (χ3n) is 5.47. The maximum Gasteiger partial charge on any atom is 0.264 e. The van der Waals surface area contributed by atoms with E-state index >= 15 is 0 Å². The Morgan fingerprint density at radius 2 is 2.00 bits per heavy atom. The van der Waals surface area contributed by atoms with E-state index in [-0.39, 0.29) is 27.5 Å². The van der Waals surface area contributed by atoms with E-state index in [9.17, 15) is 18.7 Å². The number of benzene rings is 2. The topological polar surface area (TPSA) is 90.1 Å². The van der Waals surface area contributed by atoms with E-state index in [1.165, 1.54) is 11.7 Å². The zero-order valence-electron chi connectivity index (χ0n) is 18.2. The number of ether oxygens (including phenoxy) is 1. The van der Waals surface area contributed by atoms with E-state index < -0.39 is 18.5 Å². The van der Waals surface area contributed by atoms with Crippen LogP contribution in [0.25, 0.3) is 32.5 Å². The number of alkyl halides is 2. The molecule has 0 fully saturated rings. The zero-order valence-corrected chi connectivity index (χ0v) is 19.8. The third-order valence-corrected chi connectivity index (χ3v) is 6.53. The molecule has 0 saturated heterocycles. The molecule has 0 radical (unpaired) electrons. The van der Waals surface area contributed by atoms with Crippen LogP contribution < -0.4 is 10.3 Å². The number of nitrogens with zero attached hydrogens (tertiary/aromatic N) is 4. The Kier molecular flexibility index (Phi) is 6.08. The van der Waals surface area contributed by atoms with Crippen molar-refractivity contribution in [3.05, 3.63) is 69.0 Å². The van der Waals surface area contributed by atoms with Crippen LogP contribution in [0.4, 0.5) is 8.78 Å². The lowest BCUT2D eigenvalue weighted by atomic mass is 9.98. The van der Waals surface area contributed by atoms with Gasteiger partial charge in [-0.25, -0.2) is 23.7 Å². The molecule has 0 atom stereocenters. The van der Waals surface area contributed by atoms with Gasteiger partial charge in [0.15, 0.2) is 5.65 Å². The van der Waals surface area contributed by atoms with Crippen molar-refractivity contribution in [3.8, 4) is 28.5 Å². The first-order valence-electron chi connectivity index (χ1n) is 10.6. The van der Waals surface area contributed by atoms with Crippen LogP contribution in [-0.2, 0) is 13.0 Å².